The first-order chi connectivity index (χ1) is 13.8. The number of furan rings is 1. The third-order valence-electron chi connectivity index (χ3n) is 4.71. The van der Waals surface area contributed by atoms with E-state index in [9.17, 15) is 9.59 Å². The van der Waals surface area contributed by atoms with Gasteiger partial charge in [0.2, 0.25) is 5.78 Å². The van der Waals surface area contributed by atoms with Crippen molar-refractivity contribution in [1.82, 2.24) is 0 Å². The van der Waals surface area contributed by atoms with E-state index in [0.717, 1.165) is 11.1 Å². The topological polar surface area (TPSA) is 73.3 Å². The number of ketones is 2. The first kappa shape index (κ1) is 19.2. The Morgan fingerprint density at radius 1 is 0.931 bits per heavy atom. The molecule has 0 aliphatic rings. The fraction of sp³-hybridized carbons (Fsp3) is 0.0435. The molecule has 29 heavy (non-hydrogen) atoms. The van der Waals surface area contributed by atoms with Crippen LogP contribution in [0.25, 0.3) is 22.1 Å². The zero-order chi connectivity index (χ0) is 20.7. The number of carbonyl (C=O) groups excluding carboxylic acids is 2. The summed E-state index contributed by atoms with van der Waals surface area (Å²) in [4.78, 5) is 24.6. The van der Waals surface area contributed by atoms with Crippen LogP contribution in [-0.4, -0.2) is 11.6 Å². The van der Waals surface area contributed by atoms with Crippen LogP contribution in [0.2, 0.25) is 10.0 Å². The fourth-order valence-corrected chi connectivity index (χ4v) is 3.67. The molecule has 0 atom stereocenters. The number of hydrogen-bond donors (Lipinski definition) is 1. The Kier molecular flexibility index (Phi) is 4.91. The molecule has 4 nitrogen and oxygen atoms in total. The van der Waals surface area contributed by atoms with Crippen molar-refractivity contribution >= 4 is 51.4 Å². The maximum absolute atomic E-state index is 12.9. The molecule has 0 fully saturated rings. The Bertz CT molecular complexity index is 1290. The summed E-state index contributed by atoms with van der Waals surface area (Å²) in [5, 5.41) is 1.29. The van der Waals surface area contributed by atoms with Gasteiger partial charge in [0, 0.05) is 21.5 Å². The normalized spacial score (nSPS) is 11.0. The van der Waals surface area contributed by atoms with Crippen LogP contribution in [0.15, 0.2) is 65.1 Å². The molecular weight excluding hydrogens is 409 g/mol. The van der Waals surface area contributed by atoms with Gasteiger partial charge >= 0.3 is 0 Å². The molecule has 0 unspecified atom stereocenters. The van der Waals surface area contributed by atoms with E-state index in [0.29, 0.717) is 21.6 Å². The average Bonchev–Trinajstić information content (AvgIpc) is 3.03. The lowest BCUT2D eigenvalue weighted by molar-refractivity contribution is 0.100. The van der Waals surface area contributed by atoms with E-state index in [1.54, 1.807) is 24.3 Å². The van der Waals surface area contributed by atoms with Crippen LogP contribution in [0.1, 0.15) is 33.4 Å². The van der Waals surface area contributed by atoms with Gasteiger partial charge in [0.25, 0.3) is 0 Å². The fourth-order valence-electron chi connectivity index (χ4n) is 3.18. The summed E-state index contributed by atoms with van der Waals surface area (Å²) in [6, 6.07) is 17.4. The molecule has 0 radical (unpaired) electrons. The molecule has 0 bridgehead atoms. The SMILES string of the molecule is CC(=O)c1cccc(-c2ccc3c(N)c(C(=O)c4ccc(Cl)cc4Cl)oc3c2)c1. The van der Waals surface area contributed by atoms with Crippen molar-refractivity contribution in [2.45, 2.75) is 6.92 Å². The van der Waals surface area contributed by atoms with E-state index in [-0.39, 0.29) is 27.8 Å². The molecule has 4 rings (SSSR count). The summed E-state index contributed by atoms with van der Waals surface area (Å²) in [6.07, 6.45) is 0. The lowest BCUT2D eigenvalue weighted by Crippen LogP contribution is -2.03. The Labute approximate surface area is 176 Å². The second-order valence-corrected chi connectivity index (χ2v) is 7.49. The molecule has 144 valence electrons. The summed E-state index contributed by atoms with van der Waals surface area (Å²) in [5.74, 6) is -0.401. The first-order valence-corrected chi connectivity index (χ1v) is 9.54. The number of Topliss-reactive ketones (excluding diaryl/α,β-unsaturated/α-hetero) is 1. The van der Waals surface area contributed by atoms with E-state index in [2.05, 4.69) is 0 Å². The Balaban J connectivity index is 1.79. The van der Waals surface area contributed by atoms with Crippen molar-refractivity contribution in [1.29, 1.82) is 0 Å². The number of halogens is 2. The zero-order valence-electron chi connectivity index (χ0n) is 15.3. The zero-order valence-corrected chi connectivity index (χ0v) is 16.8. The molecular formula is C23H15Cl2NO3. The smallest absolute Gasteiger partial charge is 0.231 e. The number of nitrogen functional groups attached to an aromatic ring is 1. The maximum atomic E-state index is 12.9. The molecule has 0 aliphatic carbocycles. The van der Waals surface area contributed by atoms with Crippen molar-refractivity contribution in [3.8, 4) is 11.1 Å². The van der Waals surface area contributed by atoms with Gasteiger partial charge in [-0.1, -0.05) is 47.5 Å². The molecule has 0 saturated carbocycles. The predicted molar refractivity (Wildman–Crippen MR) is 116 cm³/mol. The number of fused-ring (bicyclic) bond motifs is 1. The van der Waals surface area contributed by atoms with Crippen LogP contribution in [0.3, 0.4) is 0 Å². The minimum Gasteiger partial charge on any atom is -0.450 e. The molecule has 1 heterocycles. The van der Waals surface area contributed by atoms with Crippen LogP contribution in [0, 0.1) is 0 Å². The number of rotatable bonds is 4. The average molecular weight is 424 g/mol. The molecule has 2 N–H and O–H groups in total. The number of nitrogens with two attached hydrogens (primary N) is 1. The van der Waals surface area contributed by atoms with Gasteiger partial charge in [-0.2, -0.15) is 0 Å². The Morgan fingerprint density at radius 2 is 1.69 bits per heavy atom. The van der Waals surface area contributed by atoms with E-state index in [1.165, 1.54) is 19.1 Å². The highest BCUT2D eigenvalue weighted by atomic mass is 35.5. The summed E-state index contributed by atoms with van der Waals surface area (Å²) in [5.41, 5.74) is 9.50. The van der Waals surface area contributed by atoms with Crippen molar-refractivity contribution in [3.05, 3.63) is 87.6 Å². The highest BCUT2D eigenvalue weighted by Crippen LogP contribution is 2.34. The van der Waals surface area contributed by atoms with Gasteiger partial charge in [-0.15, -0.1) is 0 Å². The quantitative estimate of drug-likeness (QED) is 0.384. The first-order valence-electron chi connectivity index (χ1n) is 8.78. The third-order valence-corrected chi connectivity index (χ3v) is 5.26. The second kappa shape index (κ2) is 7.39. The number of anilines is 1. The van der Waals surface area contributed by atoms with Gasteiger partial charge in [0.15, 0.2) is 11.5 Å². The van der Waals surface area contributed by atoms with Gasteiger partial charge in [0.05, 0.1) is 10.7 Å². The van der Waals surface area contributed by atoms with Crippen LogP contribution in [-0.2, 0) is 0 Å². The lowest BCUT2D eigenvalue weighted by atomic mass is 10.0. The van der Waals surface area contributed by atoms with Gasteiger partial charge in [-0.25, -0.2) is 0 Å². The Hall–Kier alpha value is -3.08. The van der Waals surface area contributed by atoms with Crippen LogP contribution in [0.5, 0.6) is 0 Å². The van der Waals surface area contributed by atoms with Gasteiger partial charge in [0.1, 0.15) is 5.58 Å². The molecule has 0 saturated heterocycles. The monoisotopic (exact) mass is 423 g/mol. The highest BCUT2D eigenvalue weighted by molar-refractivity contribution is 6.37. The number of carbonyl (C=O) groups is 2. The number of hydrogen-bond acceptors (Lipinski definition) is 4. The molecule has 3 aromatic carbocycles. The minimum atomic E-state index is -0.416. The molecule has 1 aromatic heterocycles. The molecule has 0 amide bonds. The lowest BCUT2D eigenvalue weighted by Gasteiger charge is -2.03. The van der Waals surface area contributed by atoms with Crippen molar-refractivity contribution in [3.63, 3.8) is 0 Å². The van der Waals surface area contributed by atoms with Crippen molar-refractivity contribution in [2.75, 3.05) is 5.73 Å². The highest BCUT2D eigenvalue weighted by Gasteiger charge is 2.22. The van der Waals surface area contributed by atoms with E-state index >= 15 is 0 Å². The third kappa shape index (κ3) is 3.53. The maximum Gasteiger partial charge on any atom is 0.231 e. The van der Waals surface area contributed by atoms with Crippen LogP contribution >= 0.6 is 23.2 Å². The van der Waals surface area contributed by atoms with Crippen molar-refractivity contribution < 1.29 is 14.0 Å². The van der Waals surface area contributed by atoms with Gasteiger partial charge < -0.3 is 10.2 Å². The standard InChI is InChI=1S/C23H15Cl2NO3/c1-12(27)13-3-2-4-14(9-13)15-5-7-18-20(10-15)29-23(21(18)26)22(28)17-8-6-16(24)11-19(17)25/h2-11H,26H2,1H3. The number of benzene rings is 3. The largest absolute Gasteiger partial charge is 0.450 e. The molecule has 0 spiro atoms. The summed E-state index contributed by atoms with van der Waals surface area (Å²) < 4.78 is 5.81. The van der Waals surface area contributed by atoms with E-state index < -0.39 is 5.78 Å². The van der Waals surface area contributed by atoms with Crippen LogP contribution in [0.4, 0.5) is 5.69 Å². The summed E-state index contributed by atoms with van der Waals surface area (Å²) >= 11 is 12.1. The minimum absolute atomic E-state index is 0.0112. The van der Waals surface area contributed by atoms with Crippen LogP contribution < -0.4 is 5.73 Å². The van der Waals surface area contributed by atoms with Crippen molar-refractivity contribution in [2.24, 2.45) is 0 Å². The predicted octanol–water partition coefficient (Wildman–Crippen LogP) is 6.42. The summed E-state index contributed by atoms with van der Waals surface area (Å²) in [7, 11) is 0. The van der Waals surface area contributed by atoms with Gasteiger partial charge in [-0.05, 0) is 54.4 Å². The summed E-state index contributed by atoms with van der Waals surface area (Å²) in [6.45, 7) is 1.52. The Morgan fingerprint density at radius 3 is 2.41 bits per heavy atom. The van der Waals surface area contributed by atoms with E-state index in [1.807, 2.05) is 24.3 Å². The van der Waals surface area contributed by atoms with E-state index in [4.69, 9.17) is 33.4 Å². The molecule has 0 aliphatic heterocycles. The second-order valence-electron chi connectivity index (χ2n) is 6.65. The molecule has 6 heteroatoms. The van der Waals surface area contributed by atoms with Gasteiger partial charge in [-0.3, -0.25) is 9.59 Å². The molecule has 4 aromatic rings.